The summed E-state index contributed by atoms with van der Waals surface area (Å²) >= 11 is 6.20. The Balaban J connectivity index is 1.82. The summed E-state index contributed by atoms with van der Waals surface area (Å²) < 4.78 is 5.76. The second kappa shape index (κ2) is 6.28. The fourth-order valence-electron chi connectivity index (χ4n) is 3.31. The van der Waals surface area contributed by atoms with Gasteiger partial charge in [-0.3, -0.25) is 4.79 Å². The quantitative estimate of drug-likeness (QED) is 0.834. The van der Waals surface area contributed by atoms with Crippen molar-refractivity contribution in [1.29, 1.82) is 0 Å². The van der Waals surface area contributed by atoms with Crippen LogP contribution in [0.15, 0.2) is 34.7 Å². The number of benzene rings is 1. The lowest BCUT2D eigenvalue weighted by atomic mass is 9.92. The van der Waals surface area contributed by atoms with Crippen molar-refractivity contribution in [2.45, 2.75) is 20.3 Å². The Morgan fingerprint density at radius 2 is 1.91 bits per heavy atom. The van der Waals surface area contributed by atoms with Crippen molar-refractivity contribution >= 4 is 23.2 Å². The fourth-order valence-corrected chi connectivity index (χ4v) is 3.60. The third kappa shape index (κ3) is 3.37. The number of rotatable bonds is 2. The van der Waals surface area contributed by atoms with Gasteiger partial charge in [0.25, 0.3) is 5.91 Å². The first-order chi connectivity index (χ1) is 10.9. The minimum atomic E-state index is -0.0544. The predicted octanol–water partition coefficient (Wildman–Crippen LogP) is 4.30. The van der Waals surface area contributed by atoms with Crippen molar-refractivity contribution in [3.05, 3.63) is 41.1 Å². The molecule has 0 bridgehead atoms. The van der Waals surface area contributed by atoms with Crippen LogP contribution in [0.25, 0.3) is 11.3 Å². The zero-order valence-corrected chi connectivity index (χ0v) is 14.1. The Kier molecular flexibility index (Phi) is 4.35. The van der Waals surface area contributed by atoms with Crippen LogP contribution in [0.1, 0.15) is 30.8 Å². The largest absolute Gasteiger partial charge is 0.451 e. The van der Waals surface area contributed by atoms with Crippen molar-refractivity contribution in [3.8, 4) is 11.3 Å². The van der Waals surface area contributed by atoms with Crippen molar-refractivity contribution in [1.82, 2.24) is 4.90 Å². The van der Waals surface area contributed by atoms with Crippen LogP contribution < -0.4 is 5.73 Å². The molecule has 4 nitrogen and oxygen atoms in total. The number of anilines is 1. The van der Waals surface area contributed by atoms with Gasteiger partial charge in [-0.2, -0.15) is 0 Å². The number of halogens is 1. The highest BCUT2D eigenvalue weighted by Gasteiger charge is 2.28. The molecule has 1 saturated heterocycles. The number of piperidine rings is 1. The van der Waals surface area contributed by atoms with Gasteiger partial charge in [0.05, 0.1) is 5.02 Å². The molecule has 1 aromatic carbocycles. The number of carbonyl (C=O) groups is 1. The molecule has 122 valence electrons. The zero-order valence-electron chi connectivity index (χ0n) is 13.4. The van der Waals surface area contributed by atoms with Gasteiger partial charge in [0.2, 0.25) is 0 Å². The van der Waals surface area contributed by atoms with Gasteiger partial charge in [-0.1, -0.05) is 25.4 Å². The SMILES string of the molecule is CC1CC(C)CN(C(=O)c2ccc(-c3ccc(N)cc3Cl)o2)C1. The first kappa shape index (κ1) is 15.9. The Bertz CT molecular complexity index is 716. The summed E-state index contributed by atoms with van der Waals surface area (Å²) in [7, 11) is 0. The molecule has 1 fully saturated rings. The van der Waals surface area contributed by atoms with Crippen LogP contribution in [0.4, 0.5) is 5.69 Å². The van der Waals surface area contributed by atoms with Crippen LogP contribution >= 0.6 is 11.6 Å². The Morgan fingerprint density at radius 3 is 2.57 bits per heavy atom. The number of amides is 1. The predicted molar refractivity (Wildman–Crippen MR) is 92.4 cm³/mol. The summed E-state index contributed by atoms with van der Waals surface area (Å²) in [6, 6.07) is 8.74. The van der Waals surface area contributed by atoms with Crippen molar-refractivity contribution in [2.24, 2.45) is 11.8 Å². The molecule has 1 amide bonds. The number of nitrogen functional groups attached to an aromatic ring is 1. The first-order valence-electron chi connectivity index (χ1n) is 7.88. The third-order valence-electron chi connectivity index (χ3n) is 4.23. The zero-order chi connectivity index (χ0) is 16.6. The second-order valence-corrected chi connectivity index (χ2v) is 6.97. The first-order valence-corrected chi connectivity index (χ1v) is 8.26. The van der Waals surface area contributed by atoms with E-state index in [0.717, 1.165) is 25.1 Å². The average Bonchev–Trinajstić information content (AvgIpc) is 2.95. The number of nitrogens with two attached hydrogens (primary N) is 1. The third-order valence-corrected chi connectivity index (χ3v) is 4.54. The molecular formula is C18H21ClN2O2. The van der Waals surface area contributed by atoms with Gasteiger partial charge >= 0.3 is 0 Å². The van der Waals surface area contributed by atoms with E-state index < -0.39 is 0 Å². The molecule has 2 aromatic rings. The molecule has 0 spiro atoms. The van der Waals surface area contributed by atoms with Gasteiger partial charge in [0.15, 0.2) is 5.76 Å². The molecule has 2 heterocycles. The molecule has 2 atom stereocenters. The van der Waals surface area contributed by atoms with Crippen LogP contribution in [-0.2, 0) is 0 Å². The van der Waals surface area contributed by atoms with Gasteiger partial charge in [0.1, 0.15) is 5.76 Å². The maximum atomic E-state index is 12.7. The molecule has 0 aliphatic carbocycles. The fraction of sp³-hybridized carbons (Fsp3) is 0.389. The maximum Gasteiger partial charge on any atom is 0.289 e. The van der Waals surface area contributed by atoms with E-state index in [1.165, 1.54) is 0 Å². The molecule has 23 heavy (non-hydrogen) atoms. The number of hydrogen-bond donors (Lipinski definition) is 1. The Labute approximate surface area is 141 Å². The molecule has 5 heteroatoms. The van der Waals surface area contributed by atoms with Crippen LogP contribution in [0.5, 0.6) is 0 Å². The van der Waals surface area contributed by atoms with Gasteiger partial charge in [-0.05, 0) is 48.6 Å². The van der Waals surface area contributed by atoms with Gasteiger partial charge in [-0.25, -0.2) is 0 Å². The molecule has 2 unspecified atom stereocenters. The summed E-state index contributed by atoms with van der Waals surface area (Å²) in [5, 5.41) is 0.513. The molecule has 1 aliphatic heterocycles. The van der Waals surface area contributed by atoms with E-state index in [4.69, 9.17) is 21.8 Å². The summed E-state index contributed by atoms with van der Waals surface area (Å²) in [6.45, 7) is 5.92. The molecule has 1 aliphatic rings. The van der Waals surface area contributed by atoms with Crippen LogP contribution in [0, 0.1) is 11.8 Å². The minimum absolute atomic E-state index is 0.0544. The lowest BCUT2D eigenvalue weighted by Gasteiger charge is -2.34. The number of hydrogen-bond acceptors (Lipinski definition) is 3. The smallest absolute Gasteiger partial charge is 0.289 e. The van der Waals surface area contributed by atoms with Crippen molar-refractivity contribution in [3.63, 3.8) is 0 Å². The monoisotopic (exact) mass is 332 g/mol. The van der Waals surface area contributed by atoms with Crippen LogP contribution in [0.3, 0.4) is 0 Å². The van der Waals surface area contributed by atoms with Gasteiger partial charge < -0.3 is 15.1 Å². The molecule has 0 saturated carbocycles. The maximum absolute atomic E-state index is 12.7. The highest BCUT2D eigenvalue weighted by Crippen LogP contribution is 2.31. The lowest BCUT2D eigenvalue weighted by Crippen LogP contribution is -2.42. The van der Waals surface area contributed by atoms with E-state index in [2.05, 4.69) is 13.8 Å². The topological polar surface area (TPSA) is 59.5 Å². The van der Waals surface area contributed by atoms with E-state index in [-0.39, 0.29) is 5.91 Å². The van der Waals surface area contributed by atoms with E-state index in [1.54, 1.807) is 30.3 Å². The Hall–Kier alpha value is -1.94. The van der Waals surface area contributed by atoms with E-state index in [9.17, 15) is 4.79 Å². The Morgan fingerprint density at radius 1 is 1.22 bits per heavy atom. The standard InChI is InChI=1S/C18H21ClN2O2/c1-11-7-12(2)10-21(9-11)18(22)17-6-5-16(23-17)14-4-3-13(20)8-15(14)19/h3-6,8,11-12H,7,9-10,20H2,1-2H3. The lowest BCUT2D eigenvalue weighted by molar-refractivity contribution is 0.0592. The van der Waals surface area contributed by atoms with Gasteiger partial charge in [-0.15, -0.1) is 0 Å². The summed E-state index contributed by atoms with van der Waals surface area (Å²) in [6.07, 6.45) is 1.16. The minimum Gasteiger partial charge on any atom is -0.451 e. The summed E-state index contributed by atoms with van der Waals surface area (Å²) in [5.74, 6) is 1.92. The molecule has 2 N–H and O–H groups in total. The van der Waals surface area contributed by atoms with E-state index >= 15 is 0 Å². The van der Waals surface area contributed by atoms with Gasteiger partial charge in [0, 0.05) is 24.3 Å². The summed E-state index contributed by atoms with van der Waals surface area (Å²) in [5.41, 5.74) is 7.04. The normalized spacial score (nSPS) is 21.4. The molecular weight excluding hydrogens is 312 g/mol. The summed E-state index contributed by atoms with van der Waals surface area (Å²) in [4.78, 5) is 14.5. The van der Waals surface area contributed by atoms with E-state index in [1.807, 2.05) is 4.90 Å². The number of nitrogens with zero attached hydrogens (tertiary/aromatic N) is 1. The molecule has 0 radical (unpaired) electrons. The van der Waals surface area contributed by atoms with Crippen molar-refractivity contribution < 1.29 is 9.21 Å². The van der Waals surface area contributed by atoms with Crippen LogP contribution in [-0.4, -0.2) is 23.9 Å². The molecule has 1 aromatic heterocycles. The molecule has 3 rings (SSSR count). The van der Waals surface area contributed by atoms with E-state index in [0.29, 0.717) is 34.1 Å². The second-order valence-electron chi connectivity index (χ2n) is 6.56. The number of furan rings is 1. The van der Waals surface area contributed by atoms with Crippen molar-refractivity contribution in [2.75, 3.05) is 18.8 Å². The number of carbonyl (C=O) groups excluding carboxylic acids is 1. The average molecular weight is 333 g/mol. The van der Waals surface area contributed by atoms with Crippen LogP contribution in [0.2, 0.25) is 5.02 Å². The highest BCUT2D eigenvalue weighted by molar-refractivity contribution is 6.33. The number of likely N-dealkylation sites (tertiary alicyclic amines) is 1. The highest BCUT2D eigenvalue weighted by atomic mass is 35.5.